The van der Waals surface area contributed by atoms with Gasteiger partial charge in [0.25, 0.3) is 0 Å². The molecule has 4 nitrogen and oxygen atoms in total. The summed E-state index contributed by atoms with van der Waals surface area (Å²) in [6.45, 7) is 0.466. The number of anilines is 1. The van der Waals surface area contributed by atoms with Gasteiger partial charge in [0.1, 0.15) is 5.82 Å². The van der Waals surface area contributed by atoms with E-state index in [1.165, 1.54) is 32.1 Å². The fourth-order valence-corrected chi connectivity index (χ4v) is 2.69. The molecule has 19 heavy (non-hydrogen) atoms. The molecule has 0 atom stereocenters. The molecule has 1 aromatic rings. The van der Waals surface area contributed by atoms with Gasteiger partial charge < -0.3 is 11.1 Å². The minimum Gasteiger partial charge on any atom is -0.326 e. The fourth-order valence-electron chi connectivity index (χ4n) is 2.69. The second-order valence-electron chi connectivity index (χ2n) is 5.34. The second-order valence-corrected chi connectivity index (χ2v) is 5.34. The van der Waals surface area contributed by atoms with E-state index in [2.05, 4.69) is 10.3 Å². The number of nitrogens with two attached hydrogens (primary N) is 1. The van der Waals surface area contributed by atoms with Gasteiger partial charge in [-0.3, -0.25) is 4.79 Å². The average Bonchev–Trinajstić information content (AvgIpc) is 2.46. The number of nitrogens with zero attached hydrogens (tertiary/aromatic N) is 1. The van der Waals surface area contributed by atoms with E-state index in [1.807, 2.05) is 12.1 Å². The molecule has 0 unspecified atom stereocenters. The number of rotatable bonds is 5. The zero-order valence-electron chi connectivity index (χ0n) is 11.4. The van der Waals surface area contributed by atoms with Crippen LogP contribution >= 0.6 is 0 Å². The Morgan fingerprint density at radius 2 is 2.16 bits per heavy atom. The molecule has 4 heteroatoms. The largest absolute Gasteiger partial charge is 0.326 e. The lowest BCUT2D eigenvalue weighted by atomic mass is 9.86. The van der Waals surface area contributed by atoms with Gasteiger partial charge in [-0.1, -0.05) is 32.1 Å². The highest BCUT2D eigenvalue weighted by Gasteiger charge is 2.14. The SMILES string of the molecule is NCc1ccnc(NC(=O)CCC2CCCCC2)c1. The van der Waals surface area contributed by atoms with Crippen molar-refractivity contribution in [3.8, 4) is 0 Å². The average molecular weight is 261 g/mol. The van der Waals surface area contributed by atoms with E-state index in [-0.39, 0.29) is 5.91 Å². The van der Waals surface area contributed by atoms with Crippen molar-refractivity contribution in [1.82, 2.24) is 4.98 Å². The molecule has 1 aromatic heterocycles. The van der Waals surface area contributed by atoms with Crippen LogP contribution in [-0.2, 0) is 11.3 Å². The van der Waals surface area contributed by atoms with Crippen molar-refractivity contribution in [3.05, 3.63) is 23.9 Å². The van der Waals surface area contributed by atoms with Gasteiger partial charge in [-0.05, 0) is 30.0 Å². The van der Waals surface area contributed by atoms with Gasteiger partial charge >= 0.3 is 0 Å². The number of pyridine rings is 1. The summed E-state index contributed by atoms with van der Waals surface area (Å²) in [6.07, 6.45) is 9.86. The molecule has 0 aromatic carbocycles. The Bertz CT molecular complexity index is 414. The van der Waals surface area contributed by atoms with Crippen LogP contribution < -0.4 is 11.1 Å². The molecule has 1 saturated carbocycles. The summed E-state index contributed by atoms with van der Waals surface area (Å²) in [5, 5.41) is 2.85. The first-order chi connectivity index (χ1) is 9.28. The van der Waals surface area contributed by atoms with E-state index in [0.29, 0.717) is 18.8 Å². The first-order valence-electron chi connectivity index (χ1n) is 7.23. The Kier molecular flexibility index (Phi) is 5.33. The molecule has 0 bridgehead atoms. The predicted octanol–water partition coefficient (Wildman–Crippen LogP) is 2.84. The van der Waals surface area contributed by atoms with Gasteiger partial charge in [-0.25, -0.2) is 4.98 Å². The lowest BCUT2D eigenvalue weighted by Gasteiger charge is -2.20. The lowest BCUT2D eigenvalue weighted by molar-refractivity contribution is -0.116. The zero-order valence-corrected chi connectivity index (χ0v) is 11.4. The molecule has 1 aliphatic carbocycles. The van der Waals surface area contributed by atoms with Crippen LogP contribution in [0.2, 0.25) is 0 Å². The molecule has 3 N–H and O–H groups in total. The van der Waals surface area contributed by atoms with Gasteiger partial charge in [-0.2, -0.15) is 0 Å². The molecule has 104 valence electrons. The van der Waals surface area contributed by atoms with Crippen LogP contribution in [0.4, 0.5) is 5.82 Å². The van der Waals surface area contributed by atoms with E-state index < -0.39 is 0 Å². The maximum absolute atomic E-state index is 11.9. The summed E-state index contributed by atoms with van der Waals surface area (Å²) >= 11 is 0. The number of aromatic nitrogens is 1. The molecule has 1 amide bonds. The summed E-state index contributed by atoms with van der Waals surface area (Å²) in [6, 6.07) is 3.69. The standard InChI is InChI=1S/C15H23N3O/c16-11-13-8-9-17-14(10-13)18-15(19)7-6-12-4-2-1-3-5-12/h8-10,12H,1-7,11,16H2,(H,17,18,19). The third-order valence-electron chi connectivity index (χ3n) is 3.83. The highest BCUT2D eigenvalue weighted by atomic mass is 16.1. The Morgan fingerprint density at radius 3 is 2.89 bits per heavy atom. The number of hydrogen-bond donors (Lipinski definition) is 2. The van der Waals surface area contributed by atoms with E-state index in [4.69, 9.17) is 5.73 Å². The van der Waals surface area contributed by atoms with Gasteiger partial charge in [0.15, 0.2) is 0 Å². The number of carbonyl (C=O) groups excluding carboxylic acids is 1. The molecular weight excluding hydrogens is 238 g/mol. The Hall–Kier alpha value is -1.42. The fraction of sp³-hybridized carbons (Fsp3) is 0.600. The summed E-state index contributed by atoms with van der Waals surface area (Å²) in [5.41, 5.74) is 6.55. The second kappa shape index (κ2) is 7.24. The summed E-state index contributed by atoms with van der Waals surface area (Å²) in [7, 11) is 0. The zero-order chi connectivity index (χ0) is 13.5. The number of amides is 1. The van der Waals surface area contributed by atoms with E-state index in [1.54, 1.807) is 6.20 Å². The van der Waals surface area contributed by atoms with E-state index >= 15 is 0 Å². The molecule has 2 rings (SSSR count). The van der Waals surface area contributed by atoms with Crippen molar-refractivity contribution in [2.24, 2.45) is 11.7 Å². The number of nitrogens with one attached hydrogen (secondary N) is 1. The minimum absolute atomic E-state index is 0.0623. The van der Waals surface area contributed by atoms with Gasteiger partial charge in [0, 0.05) is 19.2 Å². The van der Waals surface area contributed by atoms with Crippen molar-refractivity contribution in [2.75, 3.05) is 5.32 Å². The van der Waals surface area contributed by atoms with Crippen LogP contribution in [-0.4, -0.2) is 10.9 Å². The third-order valence-corrected chi connectivity index (χ3v) is 3.83. The molecule has 1 fully saturated rings. The molecule has 0 spiro atoms. The quantitative estimate of drug-likeness (QED) is 0.856. The van der Waals surface area contributed by atoms with Gasteiger partial charge in [0.05, 0.1) is 0 Å². The first kappa shape index (κ1) is 14.0. The van der Waals surface area contributed by atoms with Crippen molar-refractivity contribution >= 4 is 11.7 Å². The minimum atomic E-state index is 0.0623. The highest BCUT2D eigenvalue weighted by molar-refractivity contribution is 5.89. The summed E-state index contributed by atoms with van der Waals surface area (Å²) < 4.78 is 0. The van der Waals surface area contributed by atoms with E-state index in [9.17, 15) is 4.79 Å². The van der Waals surface area contributed by atoms with Crippen molar-refractivity contribution in [1.29, 1.82) is 0 Å². The van der Waals surface area contributed by atoms with Crippen LogP contribution in [0.3, 0.4) is 0 Å². The lowest BCUT2D eigenvalue weighted by Crippen LogP contribution is -2.15. The van der Waals surface area contributed by atoms with Crippen molar-refractivity contribution in [2.45, 2.75) is 51.5 Å². The molecule has 1 aliphatic rings. The Balaban J connectivity index is 1.76. The van der Waals surface area contributed by atoms with Gasteiger partial charge in [0.2, 0.25) is 5.91 Å². The van der Waals surface area contributed by atoms with E-state index in [0.717, 1.165) is 17.9 Å². The Labute approximate surface area is 114 Å². The Morgan fingerprint density at radius 1 is 1.37 bits per heavy atom. The number of hydrogen-bond acceptors (Lipinski definition) is 3. The third kappa shape index (κ3) is 4.63. The van der Waals surface area contributed by atoms with Crippen LogP contribution in [0.25, 0.3) is 0 Å². The topological polar surface area (TPSA) is 68.0 Å². The first-order valence-corrected chi connectivity index (χ1v) is 7.23. The van der Waals surface area contributed by atoms with Crippen molar-refractivity contribution < 1.29 is 4.79 Å². The maximum atomic E-state index is 11.9. The molecular formula is C15H23N3O. The molecule has 0 saturated heterocycles. The smallest absolute Gasteiger partial charge is 0.225 e. The molecule has 0 radical (unpaired) electrons. The monoisotopic (exact) mass is 261 g/mol. The van der Waals surface area contributed by atoms with Gasteiger partial charge in [-0.15, -0.1) is 0 Å². The normalized spacial score (nSPS) is 16.3. The number of carbonyl (C=O) groups is 1. The van der Waals surface area contributed by atoms with Crippen molar-refractivity contribution in [3.63, 3.8) is 0 Å². The highest BCUT2D eigenvalue weighted by Crippen LogP contribution is 2.27. The maximum Gasteiger partial charge on any atom is 0.225 e. The van der Waals surface area contributed by atoms with Crippen LogP contribution in [0.15, 0.2) is 18.3 Å². The molecule has 0 aliphatic heterocycles. The van der Waals surface area contributed by atoms with Crippen LogP contribution in [0.5, 0.6) is 0 Å². The summed E-state index contributed by atoms with van der Waals surface area (Å²) in [5.74, 6) is 1.41. The predicted molar refractivity (Wildman–Crippen MR) is 76.6 cm³/mol. The van der Waals surface area contributed by atoms with Crippen LogP contribution in [0, 0.1) is 5.92 Å². The molecule has 1 heterocycles. The summed E-state index contributed by atoms with van der Waals surface area (Å²) in [4.78, 5) is 16.0. The van der Waals surface area contributed by atoms with Crippen LogP contribution in [0.1, 0.15) is 50.5 Å².